The van der Waals surface area contributed by atoms with Gasteiger partial charge in [-0.25, -0.2) is 4.79 Å². The van der Waals surface area contributed by atoms with Crippen LogP contribution in [0.3, 0.4) is 0 Å². The zero-order chi connectivity index (χ0) is 20.3. The lowest BCUT2D eigenvalue weighted by molar-refractivity contribution is -0.132. The summed E-state index contributed by atoms with van der Waals surface area (Å²) >= 11 is 0. The highest BCUT2D eigenvalue weighted by Crippen LogP contribution is 2.27. The lowest BCUT2D eigenvalue weighted by Gasteiger charge is -2.22. The number of carbonyl (C=O) groups is 1. The van der Waals surface area contributed by atoms with Crippen LogP contribution in [0.15, 0.2) is 51.7 Å². The summed E-state index contributed by atoms with van der Waals surface area (Å²) in [4.78, 5) is 26.7. The molecule has 0 saturated carbocycles. The van der Waals surface area contributed by atoms with Crippen molar-refractivity contribution in [1.82, 2.24) is 9.47 Å². The second-order valence-corrected chi connectivity index (χ2v) is 6.58. The van der Waals surface area contributed by atoms with Crippen LogP contribution in [0.4, 0.5) is 0 Å². The number of likely N-dealkylation sites (N-methyl/N-ethyl adjacent to an activating group) is 1. The highest BCUT2D eigenvalue weighted by atomic mass is 16.5. The van der Waals surface area contributed by atoms with Crippen molar-refractivity contribution >= 4 is 17.0 Å². The van der Waals surface area contributed by atoms with Gasteiger partial charge < -0.3 is 18.8 Å². The number of para-hydroxylation sites is 2. The summed E-state index contributed by atoms with van der Waals surface area (Å²) in [5.41, 5.74) is 2.11. The van der Waals surface area contributed by atoms with Crippen molar-refractivity contribution in [2.75, 3.05) is 27.8 Å². The minimum Gasteiger partial charge on any atom is -0.493 e. The van der Waals surface area contributed by atoms with E-state index < -0.39 is 11.8 Å². The van der Waals surface area contributed by atoms with Crippen LogP contribution in [0.25, 0.3) is 11.1 Å². The van der Waals surface area contributed by atoms with Gasteiger partial charge in [-0.2, -0.15) is 0 Å². The number of rotatable bonds is 7. The minimum atomic E-state index is -0.661. The first-order valence-corrected chi connectivity index (χ1v) is 9.02. The van der Waals surface area contributed by atoms with Gasteiger partial charge in [0.2, 0.25) is 5.91 Å². The first-order chi connectivity index (χ1) is 13.5. The predicted octanol–water partition coefficient (Wildman–Crippen LogP) is 2.87. The lowest BCUT2D eigenvalue weighted by atomic mass is 10.1. The molecule has 1 unspecified atom stereocenters. The number of ether oxygens (including phenoxy) is 2. The molecule has 2 aromatic carbocycles. The Morgan fingerprint density at radius 3 is 2.57 bits per heavy atom. The van der Waals surface area contributed by atoms with Gasteiger partial charge in [0, 0.05) is 13.6 Å². The highest BCUT2D eigenvalue weighted by Gasteiger charge is 2.24. The molecular formula is C21H24N2O5. The van der Waals surface area contributed by atoms with Crippen LogP contribution in [-0.2, 0) is 11.2 Å². The number of aromatic nitrogens is 1. The summed E-state index contributed by atoms with van der Waals surface area (Å²) in [5.74, 6) is 0.624. The van der Waals surface area contributed by atoms with E-state index in [9.17, 15) is 9.59 Å². The number of nitrogens with zero attached hydrogens (tertiary/aromatic N) is 2. The Morgan fingerprint density at radius 1 is 1.14 bits per heavy atom. The molecule has 0 N–H and O–H groups in total. The van der Waals surface area contributed by atoms with Crippen molar-refractivity contribution in [1.29, 1.82) is 0 Å². The number of hydrogen-bond acceptors (Lipinski definition) is 5. The third-order valence-corrected chi connectivity index (χ3v) is 4.82. The maximum atomic E-state index is 12.9. The summed E-state index contributed by atoms with van der Waals surface area (Å²) in [6, 6.07) is 12.1. The maximum absolute atomic E-state index is 12.9. The maximum Gasteiger partial charge on any atom is 0.420 e. The molecule has 0 fully saturated rings. The number of fused-ring (bicyclic) bond motifs is 1. The minimum absolute atomic E-state index is 0.158. The van der Waals surface area contributed by atoms with Gasteiger partial charge in [0.15, 0.2) is 17.1 Å². The highest BCUT2D eigenvalue weighted by molar-refractivity contribution is 5.82. The van der Waals surface area contributed by atoms with Crippen LogP contribution in [0, 0.1) is 0 Å². The van der Waals surface area contributed by atoms with Crippen molar-refractivity contribution in [3.8, 4) is 11.5 Å². The van der Waals surface area contributed by atoms with E-state index in [2.05, 4.69) is 0 Å². The molecular weight excluding hydrogens is 360 g/mol. The molecule has 3 aromatic rings. The van der Waals surface area contributed by atoms with Crippen molar-refractivity contribution in [2.24, 2.45) is 0 Å². The Balaban J connectivity index is 1.72. The summed E-state index contributed by atoms with van der Waals surface area (Å²) in [6.07, 6.45) is 0.649. The fourth-order valence-electron chi connectivity index (χ4n) is 3.22. The molecule has 0 saturated heterocycles. The van der Waals surface area contributed by atoms with Crippen LogP contribution >= 0.6 is 0 Å². The Labute approximate surface area is 163 Å². The second-order valence-electron chi connectivity index (χ2n) is 6.58. The van der Waals surface area contributed by atoms with E-state index in [0.717, 1.165) is 5.56 Å². The predicted molar refractivity (Wildman–Crippen MR) is 106 cm³/mol. The van der Waals surface area contributed by atoms with Crippen LogP contribution in [0.2, 0.25) is 0 Å². The number of methoxy groups -OCH3 is 2. The molecule has 1 amide bonds. The molecule has 1 atom stereocenters. The lowest BCUT2D eigenvalue weighted by Crippen LogP contribution is -2.37. The van der Waals surface area contributed by atoms with Gasteiger partial charge in [0.25, 0.3) is 0 Å². The van der Waals surface area contributed by atoms with Crippen LogP contribution < -0.4 is 15.2 Å². The van der Waals surface area contributed by atoms with Crippen molar-refractivity contribution in [3.63, 3.8) is 0 Å². The van der Waals surface area contributed by atoms with Gasteiger partial charge in [-0.1, -0.05) is 18.2 Å². The molecule has 7 heteroatoms. The van der Waals surface area contributed by atoms with E-state index in [0.29, 0.717) is 35.6 Å². The average molecular weight is 384 g/mol. The van der Waals surface area contributed by atoms with Crippen molar-refractivity contribution < 1.29 is 18.7 Å². The van der Waals surface area contributed by atoms with E-state index in [1.807, 2.05) is 24.3 Å². The van der Waals surface area contributed by atoms with Crippen LogP contribution in [-0.4, -0.2) is 43.2 Å². The van der Waals surface area contributed by atoms with Crippen LogP contribution in [0.5, 0.6) is 11.5 Å². The van der Waals surface area contributed by atoms with Gasteiger partial charge in [0.05, 0.1) is 19.7 Å². The SMILES string of the molecule is COc1ccc(CCN(C)C(=O)C(C)n2c(=O)oc3ccccc32)cc1OC. The number of amides is 1. The smallest absolute Gasteiger partial charge is 0.420 e. The topological polar surface area (TPSA) is 73.9 Å². The Morgan fingerprint density at radius 2 is 1.86 bits per heavy atom. The largest absolute Gasteiger partial charge is 0.493 e. The normalized spacial score (nSPS) is 12.0. The van der Waals surface area contributed by atoms with Crippen molar-refractivity contribution in [2.45, 2.75) is 19.4 Å². The van der Waals surface area contributed by atoms with E-state index >= 15 is 0 Å². The van der Waals surface area contributed by atoms with Gasteiger partial charge in [-0.3, -0.25) is 9.36 Å². The molecule has 0 bridgehead atoms. The first kappa shape index (κ1) is 19.5. The molecule has 1 heterocycles. The van der Waals surface area contributed by atoms with E-state index in [-0.39, 0.29) is 5.91 Å². The molecule has 1 aromatic heterocycles. The molecule has 0 spiro atoms. The zero-order valence-corrected chi connectivity index (χ0v) is 16.5. The summed E-state index contributed by atoms with van der Waals surface area (Å²) in [6.45, 7) is 2.21. The van der Waals surface area contributed by atoms with E-state index in [4.69, 9.17) is 13.9 Å². The fraction of sp³-hybridized carbons (Fsp3) is 0.333. The second kappa shape index (κ2) is 8.21. The first-order valence-electron chi connectivity index (χ1n) is 9.02. The van der Waals surface area contributed by atoms with Gasteiger partial charge in [0.1, 0.15) is 6.04 Å². The fourth-order valence-corrected chi connectivity index (χ4v) is 3.22. The summed E-state index contributed by atoms with van der Waals surface area (Å²) in [5, 5.41) is 0. The molecule has 0 aliphatic rings. The third-order valence-electron chi connectivity index (χ3n) is 4.82. The number of benzene rings is 2. The quantitative estimate of drug-likeness (QED) is 0.626. The number of hydrogen-bond donors (Lipinski definition) is 0. The Hall–Kier alpha value is -3.22. The molecule has 0 radical (unpaired) electrons. The third kappa shape index (κ3) is 3.74. The molecule has 7 nitrogen and oxygen atoms in total. The van der Waals surface area contributed by atoms with Gasteiger partial charge in [-0.05, 0) is 43.2 Å². The molecule has 0 aliphatic heterocycles. The van der Waals surface area contributed by atoms with Crippen LogP contribution in [0.1, 0.15) is 18.5 Å². The van der Waals surface area contributed by atoms with E-state index in [1.165, 1.54) is 4.57 Å². The molecule has 148 valence electrons. The average Bonchev–Trinajstić information content (AvgIpc) is 3.06. The molecule has 0 aliphatic carbocycles. The molecule has 3 rings (SSSR count). The number of carbonyl (C=O) groups excluding carboxylic acids is 1. The van der Waals surface area contributed by atoms with Gasteiger partial charge >= 0.3 is 5.76 Å². The Bertz CT molecular complexity index is 1040. The standard InChI is InChI=1S/C21H24N2O5/c1-14(23-16-7-5-6-8-17(16)28-21(23)25)20(24)22(2)12-11-15-9-10-18(26-3)19(13-15)27-4/h5-10,13-14H,11-12H2,1-4H3. The summed E-state index contributed by atoms with van der Waals surface area (Å²) < 4.78 is 17.2. The van der Waals surface area contributed by atoms with Gasteiger partial charge in [-0.15, -0.1) is 0 Å². The van der Waals surface area contributed by atoms with Crippen molar-refractivity contribution in [3.05, 3.63) is 58.6 Å². The van der Waals surface area contributed by atoms with E-state index in [1.54, 1.807) is 51.3 Å². The number of oxazole rings is 1. The zero-order valence-electron chi connectivity index (χ0n) is 16.5. The Kier molecular flexibility index (Phi) is 5.73. The summed E-state index contributed by atoms with van der Waals surface area (Å²) in [7, 11) is 4.91. The monoisotopic (exact) mass is 384 g/mol. The molecule has 28 heavy (non-hydrogen) atoms.